The van der Waals surface area contributed by atoms with E-state index in [0.717, 1.165) is 12.5 Å². The van der Waals surface area contributed by atoms with Gasteiger partial charge >= 0.3 is 6.18 Å². The summed E-state index contributed by atoms with van der Waals surface area (Å²) in [6.45, 7) is 2.94. The van der Waals surface area contributed by atoms with E-state index in [9.17, 15) is 18.0 Å². The Kier molecular flexibility index (Phi) is 7.11. The van der Waals surface area contributed by atoms with E-state index >= 15 is 0 Å². The lowest BCUT2D eigenvalue weighted by atomic mass is 10.0. The Morgan fingerprint density at radius 3 is 2.68 bits per heavy atom. The van der Waals surface area contributed by atoms with Crippen molar-refractivity contribution < 1.29 is 18.0 Å². The summed E-state index contributed by atoms with van der Waals surface area (Å²) in [5, 5.41) is 9.39. The molecule has 3 rings (SSSR count). The van der Waals surface area contributed by atoms with Crippen molar-refractivity contribution in [3.63, 3.8) is 0 Å². The fraction of sp³-hybridized carbons (Fsp3) is 0.391. The van der Waals surface area contributed by atoms with Gasteiger partial charge in [-0.3, -0.25) is 4.79 Å². The first-order valence-electron chi connectivity index (χ1n) is 10.1. The van der Waals surface area contributed by atoms with Crippen molar-refractivity contribution in [2.45, 2.75) is 44.9 Å². The third-order valence-electron chi connectivity index (χ3n) is 5.49. The van der Waals surface area contributed by atoms with Gasteiger partial charge in [0, 0.05) is 37.8 Å². The zero-order valence-electron chi connectivity index (χ0n) is 17.1. The van der Waals surface area contributed by atoms with Crippen LogP contribution in [0.15, 0.2) is 42.5 Å². The maximum absolute atomic E-state index is 13.6. The van der Waals surface area contributed by atoms with E-state index in [1.54, 1.807) is 29.2 Å². The van der Waals surface area contributed by atoms with Gasteiger partial charge in [0.2, 0.25) is 5.91 Å². The molecule has 2 aromatic rings. The maximum atomic E-state index is 13.6. The Hall–Kier alpha value is -2.72. The molecule has 0 aliphatic carbocycles. The lowest BCUT2D eigenvalue weighted by Crippen LogP contribution is -2.39. The second-order valence-corrected chi connectivity index (χ2v) is 8.00. The highest BCUT2D eigenvalue weighted by Crippen LogP contribution is 2.35. The van der Waals surface area contributed by atoms with Crippen LogP contribution in [0.3, 0.4) is 0 Å². The summed E-state index contributed by atoms with van der Waals surface area (Å²) in [6.07, 6.45) is -2.63. The van der Waals surface area contributed by atoms with E-state index in [1.165, 1.54) is 12.1 Å². The molecule has 1 amide bonds. The zero-order valence-corrected chi connectivity index (χ0v) is 17.9. The number of nitriles is 1. The quantitative estimate of drug-likeness (QED) is 0.573. The number of rotatable bonds is 6. The minimum atomic E-state index is -4.47. The van der Waals surface area contributed by atoms with Crippen molar-refractivity contribution in [3.8, 4) is 6.07 Å². The van der Waals surface area contributed by atoms with Crippen LogP contribution in [0, 0.1) is 11.3 Å². The van der Waals surface area contributed by atoms with Crippen LogP contribution in [0.25, 0.3) is 0 Å². The summed E-state index contributed by atoms with van der Waals surface area (Å²) in [6, 6.07) is 12.2. The monoisotopic (exact) mass is 449 g/mol. The number of anilines is 1. The number of alkyl halides is 3. The molecule has 1 fully saturated rings. The molecule has 0 N–H and O–H groups in total. The third-order valence-corrected chi connectivity index (χ3v) is 5.80. The Bertz CT molecular complexity index is 987. The number of nitrogens with zero attached hydrogens (tertiary/aromatic N) is 3. The highest BCUT2D eigenvalue weighted by molar-refractivity contribution is 6.32. The standard InChI is InChI=1S/C23H23ClF3N3O/c1-2-5-22(31)29-11-10-19(15-29)30(18-9-8-16(13-28)21(24)12-18)14-17-6-3-4-7-20(17)23(25,26)27/h3-4,6-9,12,19H,2,5,10-11,14-15H2,1H3/t19-/m0/s1. The molecule has 0 radical (unpaired) electrons. The summed E-state index contributed by atoms with van der Waals surface area (Å²) in [5.74, 6) is 0.0542. The van der Waals surface area contributed by atoms with Crippen LogP contribution >= 0.6 is 11.6 Å². The number of hydrogen-bond acceptors (Lipinski definition) is 3. The Labute approximate surface area is 184 Å². The lowest BCUT2D eigenvalue weighted by Gasteiger charge is -2.32. The average Bonchev–Trinajstić information content (AvgIpc) is 3.22. The Balaban J connectivity index is 1.96. The molecule has 1 saturated heterocycles. The molecule has 164 valence electrons. The van der Waals surface area contributed by atoms with E-state index < -0.39 is 11.7 Å². The van der Waals surface area contributed by atoms with Crippen molar-refractivity contribution in [1.82, 2.24) is 4.90 Å². The van der Waals surface area contributed by atoms with Crippen molar-refractivity contribution in [2.24, 2.45) is 0 Å². The molecular weight excluding hydrogens is 427 g/mol. The van der Waals surface area contributed by atoms with E-state index in [1.807, 2.05) is 17.9 Å². The molecule has 1 aliphatic rings. The van der Waals surface area contributed by atoms with Gasteiger partial charge < -0.3 is 9.80 Å². The normalized spacial score (nSPS) is 16.3. The summed E-state index contributed by atoms with van der Waals surface area (Å²) in [5.41, 5.74) is 0.383. The van der Waals surface area contributed by atoms with E-state index in [-0.39, 0.29) is 29.1 Å². The van der Waals surface area contributed by atoms with E-state index in [2.05, 4.69) is 0 Å². The number of benzene rings is 2. The summed E-state index contributed by atoms with van der Waals surface area (Å²) in [7, 11) is 0. The van der Waals surface area contributed by atoms with Crippen LogP contribution in [0.2, 0.25) is 5.02 Å². The highest BCUT2D eigenvalue weighted by Gasteiger charge is 2.35. The molecule has 0 saturated carbocycles. The van der Waals surface area contributed by atoms with Gasteiger partial charge in [-0.1, -0.05) is 36.7 Å². The van der Waals surface area contributed by atoms with Gasteiger partial charge in [0.25, 0.3) is 0 Å². The molecule has 0 spiro atoms. The second-order valence-electron chi connectivity index (χ2n) is 7.59. The SMILES string of the molecule is CCCC(=O)N1CC[C@H](N(Cc2ccccc2C(F)(F)F)c2ccc(C#N)c(Cl)c2)C1. The number of carbonyl (C=O) groups excluding carboxylic acids is 1. The molecular formula is C23H23ClF3N3O. The van der Waals surface area contributed by atoms with Crippen LogP contribution in [0.5, 0.6) is 0 Å². The number of hydrogen-bond donors (Lipinski definition) is 0. The van der Waals surface area contributed by atoms with Crippen LogP contribution in [-0.4, -0.2) is 29.9 Å². The number of halogens is 4. The van der Waals surface area contributed by atoms with E-state index in [4.69, 9.17) is 16.9 Å². The first kappa shape index (κ1) is 23.0. The van der Waals surface area contributed by atoms with Gasteiger partial charge in [-0.05, 0) is 42.7 Å². The predicted octanol–water partition coefficient (Wildman–Crippen LogP) is 5.64. The van der Waals surface area contributed by atoms with Crippen molar-refractivity contribution in [2.75, 3.05) is 18.0 Å². The smallest absolute Gasteiger partial charge is 0.362 e. The molecule has 2 aromatic carbocycles. The highest BCUT2D eigenvalue weighted by atomic mass is 35.5. The molecule has 0 unspecified atom stereocenters. The minimum absolute atomic E-state index is 0.0123. The van der Waals surface area contributed by atoms with Crippen molar-refractivity contribution in [1.29, 1.82) is 5.26 Å². The van der Waals surface area contributed by atoms with Gasteiger partial charge in [0.15, 0.2) is 0 Å². The Morgan fingerprint density at radius 2 is 2.03 bits per heavy atom. The first-order valence-corrected chi connectivity index (χ1v) is 10.5. The molecule has 1 atom stereocenters. The van der Waals surface area contributed by atoms with Crippen LogP contribution in [0.1, 0.15) is 42.9 Å². The average molecular weight is 450 g/mol. The Morgan fingerprint density at radius 1 is 1.29 bits per heavy atom. The van der Waals surface area contributed by atoms with Gasteiger partial charge in [-0.15, -0.1) is 0 Å². The van der Waals surface area contributed by atoms with Gasteiger partial charge in [0.05, 0.1) is 16.1 Å². The minimum Gasteiger partial charge on any atom is -0.362 e. The molecule has 1 aliphatic heterocycles. The summed E-state index contributed by atoms with van der Waals surface area (Å²) in [4.78, 5) is 16.0. The molecule has 31 heavy (non-hydrogen) atoms. The summed E-state index contributed by atoms with van der Waals surface area (Å²) < 4.78 is 40.7. The van der Waals surface area contributed by atoms with Gasteiger partial charge in [-0.2, -0.15) is 18.4 Å². The number of carbonyl (C=O) groups is 1. The lowest BCUT2D eigenvalue weighted by molar-refractivity contribution is -0.138. The van der Waals surface area contributed by atoms with Crippen molar-refractivity contribution in [3.05, 3.63) is 64.2 Å². The first-order chi connectivity index (χ1) is 14.7. The largest absolute Gasteiger partial charge is 0.416 e. The predicted molar refractivity (Wildman–Crippen MR) is 114 cm³/mol. The van der Waals surface area contributed by atoms with Crippen molar-refractivity contribution >= 4 is 23.2 Å². The number of amides is 1. The molecule has 4 nitrogen and oxygen atoms in total. The second kappa shape index (κ2) is 9.61. The van der Waals surface area contributed by atoms with Gasteiger partial charge in [-0.25, -0.2) is 0 Å². The molecule has 0 aromatic heterocycles. The van der Waals surface area contributed by atoms with E-state index in [0.29, 0.717) is 37.2 Å². The molecule has 1 heterocycles. The van der Waals surface area contributed by atoms with Gasteiger partial charge in [0.1, 0.15) is 6.07 Å². The fourth-order valence-electron chi connectivity index (χ4n) is 3.92. The summed E-state index contributed by atoms with van der Waals surface area (Å²) >= 11 is 6.21. The maximum Gasteiger partial charge on any atom is 0.416 e. The molecule has 8 heteroatoms. The van der Waals surface area contributed by atoms with Crippen LogP contribution in [0.4, 0.5) is 18.9 Å². The fourth-order valence-corrected chi connectivity index (χ4v) is 4.13. The topological polar surface area (TPSA) is 47.3 Å². The molecule has 0 bridgehead atoms. The zero-order chi connectivity index (χ0) is 22.6. The van der Waals surface area contributed by atoms with Crippen LogP contribution < -0.4 is 4.90 Å². The third kappa shape index (κ3) is 5.31. The number of likely N-dealkylation sites (tertiary alicyclic amines) is 1. The van der Waals surface area contributed by atoms with Crippen LogP contribution in [-0.2, 0) is 17.5 Å².